The minimum Gasteiger partial charge on any atom is -0.462 e. The molecule has 0 bridgehead atoms. The van der Waals surface area contributed by atoms with Gasteiger partial charge in [-0.3, -0.25) is 4.79 Å². The number of carbonyl (C=O) groups is 3. The minimum atomic E-state index is -0.471. The lowest BCUT2D eigenvalue weighted by Crippen LogP contribution is -2.14. The molecular weight excluding hydrogens is 428 g/mol. The fourth-order valence-electron chi connectivity index (χ4n) is 2.96. The van der Waals surface area contributed by atoms with Gasteiger partial charge in [-0.25, -0.2) is 9.59 Å². The minimum absolute atomic E-state index is 0.0752. The van der Waals surface area contributed by atoms with Crippen LogP contribution < -0.4 is 0 Å². The Balaban J connectivity index is 0.000000254. The monoisotopic (exact) mass is 460 g/mol. The predicted octanol–water partition coefficient (Wildman–Crippen LogP) is 6.52. The predicted molar refractivity (Wildman–Crippen MR) is 133 cm³/mol. The van der Waals surface area contributed by atoms with Crippen molar-refractivity contribution in [2.45, 2.75) is 39.5 Å². The van der Waals surface area contributed by atoms with E-state index in [-0.39, 0.29) is 16.9 Å². The van der Waals surface area contributed by atoms with Gasteiger partial charge in [0.2, 0.25) is 0 Å². The zero-order valence-corrected chi connectivity index (χ0v) is 19.9. The van der Waals surface area contributed by atoms with Crippen LogP contribution in [0.5, 0.6) is 0 Å². The van der Waals surface area contributed by atoms with Crippen molar-refractivity contribution in [3.63, 3.8) is 0 Å². The van der Waals surface area contributed by atoms with Crippen LogP contribution in [0.4, 0.5) is 0 Å². The van der Waals surface area contributed by atoms with Crippen LogP contribution in [0, 0.1) is 0 Å². The molecule has 5 nitrogen and oxygen atoms in total. The summed E-state index contributed by atoms with van der Waals surface area (Å²) in [5.41, 5.74) is 2.01. The van der Waals surface area contributed by atoms with Crippen molar-refractivity contribution >= 4 is 17.7 Å². The molecule has 0 atom stereocenters. The van der Waals surface area contributed by atoms with Crippen LogP contribution in [-0.2, 0) is 9.47 Å². The number of unbranched alkanes of at least 4 members (excludes halogenated alkanes) is 2. The number of esters is 2. The third-order valence-corrected chi connectivity index (χ3v) is 4.90. The molecule has 0 aliphatic rings. The Bertz CT molecular complexity index is 946. The molecule has 5 heteroatoms. The lowest BCUT2D eigenvalue weighted by Gasteiger charge is -2.09. The SMILES string of the molecule is CCCCOC(=O)c1ccccc1C(=O)OCCCC.O=C(c1ccccc1)c1ccccc1. The van der Waals surface area contributed by atoms with Gasteiger partial charge in [0.15, 0.2) is 5.78 Å². The number of benzene rings is 3. The van der Waals surface area contributed by atoms with Crippen molar-refractivity contribution in [2.24, 2.45) is 0 Å². The standard InChI is InChI=1S/C16H22O4.C13H10O/c1-3-5-11-19-15(17)13-9-7-8-10-14(13)16(18)20-12-6-4-2;14-13(11-7-3-1-4-8-11)12-9-5-2-6-10-12/h7-10H,3-6,11-12H2,1-2H3;1-10H. The molecule has 0 fully saturated rings. The highest BCUT2D eigenvalue weighted by molar-refractivity contribution is 6.08. The van der Waals surface area contributed by atoms with E-state index in [9.17, 15) is 14.4 Å². The molecule has 3 rings (SSSR count). The van der Waals surface area contributed by atoms with Gasteiger partial charge in [-0.2, -0.15) is 0 Å². The summed E-state index contributed by atoms with van der Waals surface area (Å²) in [5.74, 6) is -0.866. The van der Waals surface area contributed by atoms with E-state index in [1.165, 1.54) is 0 Å². The lowest BCUT2D eigenvalue weighted by atomic mass is 10.0. The molecule has 0 aliphatic heterocycles. The molecule has 3 aromatic carbocycles. The van der Waals surface area contributed by atoms with Gasteiger partial charge < -0.3 is 9.47 Å². The molecule has 0 saturated heterocycles. The molecule has 0 heterocycles. The maximum atomic E-state index is 11.9. The van der Waals surface area contributed by atoms with Gasteiger partial charge in [-0.05, 0) is 25.0 Å². The number of ether oxygens (including phenoxy) is 2. The summed E-state index contributed by atoms with van der Waals surface area (Å²) in [5, 5.41) is 0. The van der Waals surface area contributed by atoms with Crippen molar-refractivity contribution in [3.8, 4) is 0 Å². The third kappa shape index (κ3) is 8.66. The Morgan fingerprint density at radius 2 is 0.912 bits per heavy atom. The summed E-state index contributed by atoms with van der Waals surface area (Å²) in [4.78, 5) is 35.7. The van der Waals surface area contributed by atoms with Gasteiger partial charge >= 0.3 is 11.9 Å². The topological polar surface area (TPSA) is 69.7 Å². The Labute approximate surface area is 201 Å². The van der Waals surface area contributed by atoms with E-state index in [1.54, 1.807) is 24.3 Å². The number of ketones is 1. The average molecular weight is 461 g/mol. The summed E-state index contributed by atoms with van der Waals surface area (Å²) in [6.45, 7) is 4.78. The van der Waals surface area contributed by atoms with E-state index in [2.05, 4.69) is 0 Å². The Morgan fingerprint density at radius 1 is 0.559 bits per heavy atom. The van der Waals surface area contributed by atoms with Gasteiger partial charge in [0.1, 0.15) is 0 Å². The number of hydrogen-bond acceptors (Lipinski definition) is 5. The lowest BCUT2D eigenvalue weighted by molar-refractivity contribution is 0.0452. The van der Waals surface area contributed by atoms with Crippen LogP contribution in [-0.4, -0.2) is 30.9 Å². The van der Waals surface area contributed by atoms with Crippen molar-refractivity contribution in [1.82, 2.24) is 0 Å². The van der Waals surface area contributed by atoms with Gasteiger partial charge in [-0.1, -0.05) is 99.5 Å². The van der Waals surface area contributed by atoms with Crippen molar-refractivity contribution < 1.29 is 23.9 Å². The average Bonchev–Trinajstić information content (AvgIpc) is 2.90. The van der Waals surface area contributed by atoms with Gasteiger partial charge in [0.25, 0.3) is 0 Å². The molecule has 0 unspecified atom stereocenters. The highest BCUT2D eigenvalue weighted by atomic mass is 16.5. The summed E-state index contributed by atoms with van der Waals surface area (Å²) < 4.78 is 10.3. The normalized spacial score (nSPS) is 9.94. The molecule has 0 radical (unpaired) electrons. The first-order chi connectivity index (χ1) is 16.6. The number of carbonyl (C=O) groups excluding carboxylic acids is 3. The van der Waals surface area contributed by atoms with E-state index in [1.807, 2.05) is 74.5 Å². The smallest absolute Gasteiger partial charge is 0.339 e. The summed E-state index contributed by atoms with van der Waals surface area (Å²) >= 11 is 0. The molecule has 0 amide bonds. The third-order valence-electron chi connectivity index (χ3n) is 4.90. The second-order valence-corrected chi connectivity index (χ2v) is 7.59. The van der Waals surface area contributed by atoms with E-state index < -0.39 is 11.9 Å². The summed E-state index contributed by atoms with van der Waals surface area (Å²) in [6.07, 6.45) is 3.53. The first kappa shape index (κ1) is 26.5. The van der Waals surface area contributed by atoms with Crippen LogP contribution in [0.1, 0.15) is 76.2 Å². The van der Waals surface area contributed by atoms with Crippen molar-refractivity contribution in [1.29, 1.82) is 0 Å². The molecule has 0 aliphatic carbocycles. The highest BCUT2D eigenvalue weighted by Gasteiger charge is 2.18. The maximum absolute atomic E-state index is 11.9. The molecule has 0 aromatic heterocycles. The quantitative estimate of drug-likeness (QED) is 0.196. The number of hydrogen-bond donors (Lipinski definition) is 0. The first-order valence-electron chi connectivity index (χ1n) is 11.7. The van der Waals surface area contributed by atoms with Gasteiger partial charge in [-0.15, -0.1) is 0 Å². The Kier molecular flexibility index (Phi) is 11.8. The van der Waals surface area contributed by atoms with Crippen LogP contribution in [0.2, 0.25) is 0 Å². The fourth-order valence-corrected chi connectivity index (χ4v) is 2.96. The largest absolute Gasteiger partial charge is 0.462 e. The van der Waals surface area contributed by atoms with Gasteiger partial charge in [0, 0.05) is 11.1 Å². The van der Waals surface area contributed by atoms with E-state index in [0.29, 0.717) is 13.2 Å². The van der Waals surface area contributed by atoms with Crippen molar-refractivity contribution in [3.05, 3.63) is 107 Å². The van der Waals surface area contributed by atoms with E-state index in [0.717, 1.165) is 36.8 Å². The highest BCUT2D eigenvalue weighted by Crippen LogP contribution is 2.13. The molecule has 34 heavy (non-hydrogen) atoms. The van der Waals surface area contributed by atoms with Crippen LogP contribution >= 0.6 is 0 Å². The van der Waals surface area contributed by atoms with Crippen LogP contribution in [0.15, 0.2) is 84.9 Å². The van der Waals surface area contributed by atoms with Gasteiger partial charge in [0.05, 0.1) is 24.3 Å². The molecule has 3 aromatic rings. The molecule has 0 saturated carbocycles. The maximum Gasteiger partial charge on any atom is 0.339 e. The Hall–Kier alpha value is -3.73. The second kappa shape index (κ2) is 15.2. The molecule has 0 N–H and O–H groups in total. The number of rotatable bonds is 10. The zero-order chi connectivity index (χ0) is 24.6. The van der Waals surface area contributed by atoms with Crippen LogP contribution in [0.3, 0.4) is 0 Å². The van der Waals surface area contributed by atoms with E-state index in [4.69, 9.17) is 9.47 Å². The fraction of sp³-hybridized carbons (Fsp3) is 0.276. The molecule has 178 valence electrons. The Morgan fingerprint density at radius 3 is 1.26 bits per heavy atom. The first-order valence-corrected chi connectivity index (χ1v) is 11.7. The second-order valence-electron chi connectivity index (χ2n) is 7.59. The van der Waals surface area contributed by atoms with Crippen molar-refractivity contribution in [2.75, 3.05) is 13.2 Å². The van der Waals surface area contributed by atoms with E-state index >= 15 is 0 Å². The zero-order valence-electron chi connectivity index (χ0n) is 19.9. The molecule has 0 spiro atoms. The summed E-state index contributed by atoms with van der Waals surface area (Å²) in [6, 6.07) is 25.2. The molecular formula is C29H32O5. The van der Waals surface area contributed by atoms with Crippen LogP contribution in [0.25, 0.3) is 0 Å². The summed E-state index contributed by atoms with van der Waals surface area (Å²) in [7, 11) is 0.